The molecule has 2 saturated heterocycles. The Bertz CT molecular complexity index is 1090. The number of carbonyl (C=O) groups is 2. The maximum absolute atomic E-state index is 12.6. The molecule has 2 aromatic rings. The standard InChI is InChI=1S/C19H24N4O6S/c1-12-9-15(17-13(2)21-29-18(17)20-12)19(25)28-10-16(24)23-6-4-22(5-7-23)14-3-8-30(26,27)11-14/h9,14H,3-8,10-11H2,1-2H3. The van der Waals surface area contributed by atoms with Crippen LogP contribution in [0.4, 0.5) is 0 Å². The van der Waals surface area contributed by atoms with Crippen molar-refractivity contribution in [3.8, 4) is 0 Å². The summed E-state index contributed by atoms with van der Waals surface area (Å²) in [4.78, 5) is 33.1. The lowest BCUT2D eigenvalue weighted by atomic mass is 10.1. The third kappa shape index (κ3) is 4.17. The average molecular weight is 436 g/mol. The van der Waals surface area contributed by atoms with Crippen LogP contribution < -0.4 is 0 Å². The molecule has 2 aliphatic heterocycles. The van der Waals surface area contributed by atoms with E-state index in [4.69, 9.17) is 9.26 Å². The number of rotatable bonds is 4. The van der Waals surface area contributed by atoms with Crippen LogP contribution >= 0.6 is 0 Å². The summed E-state index contributed by atoms with van der Waals surface area (Å²) >= 11 is 0. The van der Waals surface area contributed by atoms with Gasteiger partial charge in [-0.05, 0) is 26.3 Å². The predicted octanol–water partition coefficient (Wildman–Crippen LogP) is 0.328. The molecule has 30 heavy (non-hydrogen) atoms. The number of nitrogens with zero attached hydrogens (tertiary/aromatic N) is 4. The maximum Gasteiger partial charge on any atom is 0.339 e. The highest BCUT2D eigenvalue weighted by Crippen LogP contribution is 2.23. The fourth-order valence-electron chi connectivity index (χ4n) is 4.07. The Morgan fingerprint density at radius 2 is 1.97 bits per heavy atom. The van der Waals surface area contributed by atoms with E-state index in [1.807, 2.05) is 0 Å². The molecule has 0 aromatic carbocycles. The summed E-state index contributed by atoms with van der Waals surface area (Å²) in [7, 11) is -2.93. The number of esters is 1. The lowest BCUT2D eigenvalue weighted by Gasteiger charge is -2.37. The second-order valence-corrected chi connectivity index (χ2v) is 10.0. The molecule has 0 N–H and O–H groups in total. The predicted molar refractivity (Wildman–Crippen MR) is 107 cm³/mol. The Morgan fingerprint density at radius 3 is 2.63 bits per heavy atom. The number of hydrogen-bond donors (Lipinski definition) is 0. The number of hydrogen-bond acceptors (Lipinski definition) is 9. The maximum atomic E-state index is 12.6. The molecule has 11 heteroatoms. The Morgan fingerprint density at radius 1 is 1.23 bits per heavy atom. The van der Waals surface area contributed by atoms with Crippen LogP contribution in [0.3, 0.4) is 0 Å². The summed E-state index contributed by atoms with van der Waals surface area (Å²) in [6.45, 7) is 5.28. The molecule has 2 aliphatic rings. The number of fused-ring (bicyclic) bond motifs is 1. The highest BCUT2D eigenvalue weighted by Gasteiger charge is 2.34. The molecule has 162 valence electrons. The number of pyridine rings is 1. The Balaban J connectivity index is 1.32. The van der Waals surface area contributed by atoms with Crippen LogP contribution in [-0.2, 0) is 19.4 Å². The summed E-state index contributed by atoms with van der Waals surface area (Å²) in [5, 5.41) is 4.32. The van der Waals surface area contributed by atoms with E-state index in [2.05, 4.69) is 15.0 Å². The van der Waals surface area contributed by atoms with E-state index in [0.717, 1.165) is 0 Å². The van der Waals surface area contributed by atoms with Gasteiger partial charge in [0.05, 0.1) is 28.1 Å². The van der Waals surface area contributed by atoms with Gasteiger partial charge in [-0.1, -0.05) is 5.16 Å². The van der Waals surface area contributed by atoms with E-state index in [9.17, 15) is 18.0 Å². The largest absolute Gasteiger partial charge is 0.452 e. The van der Waals surface area contributed by atoms with Crippen molar-refractivity contribution < 1.29 is 27.3 Å². The molecular formula is C19H24N4O6S. The van der Waals surface area contributed by atoms with Crippen LogP contribution in [0.2, 0.25) is 0 Å². The summed E-state index contributed by atoms with van der Waals surface area (Å²) in [6.07, 6.45) is 0.649. The Hall–Kier alpha value is -2.53. The minimum Gasteiger partial charge on any atom is -0.452 e. The molecule has 10 nitrogen and oxygen atoms in total. The molecule has 0 saturated carbocycles. The third-order valence-electron chi connectivity index (χ3n) is 5.68. The van der Waals surface area contributed by atoms with Gasteiger partial charge >= 0.3 is 5.97 Å². The molecule has 1 amide bonds. The summed E-state index contributed by atoms with van der Waals surface area (Å²) < 4.78 is 33.7. The number of ether oxygens (including phenoxy) is 1. The van der Waals surface area contributed by atoms with Crippen molar-refractivity contribution in [1.82, 2.24) is 19.9 Å². The van der Waals surface area contributed by atoms with Crippen LogP contribution in [-0.4, -0.2) is 90.6 Å². The number of aryl methyl sites for hydroxylation is 2. The normalized spacial score (nSPS) is 21.8. The van der Waals surface area contributed by atoms with Gasteiger partial charge in [-0.15, -0.1) is 0 Å². The molecule has 2 fully saturated rings. The zero-order valence-electron chi connectivity index (χ0n) is 17.0. The van der Waals surface area contributed by atoms with Crippen molar-refractivity contribution in [1.29, 1.82) is 0 Å². The van der Waals surface area contributed by atoms with Crippen LogP contribution in [0.15, 0.2) is 10.6 Å². The van der Waals surface area contributed by atoms with Gasteiger partial charge in [0.25, 0.3) is 11.6 Å². The summed E-state index contributed by atoms with van der Waals surface area (Å²) in [6, 6.07) is 1.63. The first-order valence-electron chi connectivity index (χ1n) is 9.86. The van der Waals surface area contributed by atoms with Crippen molar-refractivity contribution in [3.05, 3.63) is 23.0 Å². The second-order valence-electron chi connectivity index (χ2n) is 7.81. The quantitative estimate of drug-likeness (QED) is 0.624. The van der Waals surface area contributed by atoms with Crippen LogP contribution in [0.1, 0.15) is 28.2 Å². The van der Waals surface area contributed by atoms with Crippen molar-refractivity contribution in [2.75, 3.05) is 44.3 Å². The van der Waals surface area contributed by atoms with Gasteiger partial charge in [0, 0.05) is 37.9 Å². The molecule has 1 atom stereocenters. The van der Waals surface area contributed by atoms with Crippen molar-refractivity contribution >= 4 is 32.8 Å². The minimum atomic E-state index is -2.93. The summed E-state index contributed by atoms with van der Waals surface area (Å²) in [5.41, 5.74) is 1.65. The smallest absolute Gasteiger partial charge is 0.339 e. The Kier molecular flexibility index (Phi) is 5.49. The molecule has 0 spiro atoms. The van der Waals surface area contributed by atoms with Gasteiger partial charge in [-0.25, -0.2) is 18.2 Å². The van der Waals surface area contributed by atoms with E-state index in [1.54, 1.807) is 24.8 Å². The van der Waals surface area contributed by atoms with E-state index < -0.39 is 15.8 Å². The second kappa shape index (κ2) is 7.95. The molecule has 0 radical (unpaired) electrons. The lowest BCUT2D eigenvalue weighted by molar-refractivity contribution is -0.136. The van der Waals surface area contributed by atoms with Crippen molar-refractivity contribution in [2.24, 2.45) is 0 Å². The van der Waals surface area contributed by atoms with Crippen molar-refractivity contribution in [2.45, 2.75) is 26.3 Å². The zero-order chi connectivity index (χ0) is 21.5. The molecule has 0 bridgehead atoms. The van der Waals surface area contributed by atoms with Gasteiger partial charge in [0.1, 0.15) is 0 Å². The molecule has 4 rings (SSSR count). The molecule has 0 aliphatic carbocycles. The first kappa shape index (κ1) is 20.7. The SMILES string of the molecule is Cc1cc(C(=O)OCC(=O)N2CCN(C3CCS(=O)(=O)C3)CC2)c2c(C)noc2n1. The van der Waals surface area contributed by atoms with Gasteiger partial charge in [0.2, 0.25) is 0 Å². The molecule has 1 unspecified atom stereocenters. The molecule has 4 heterocycles. The van der Waals surface area contributed by atoms with E-state index in [-0.39, 0.29) is 41.3 Å². The monoisotopic (exact) mass is 436 g/mol. The van der Waals surface area contributed by atoms with E-state index in [0.29, 0.717) is 49.4 Å². The first-order chi connectivity index (χ1) is 14.2. The van der Waals surface area contributed by atoms with Gasteiger partial charge in [0.15, 0.2) is 16.4 Å². The highest BCUT2D eigenvalue weighted by molar-refractivity contribution is 7.91. The summed E-state index contributed by atoms with van der Waals surface area (Å²) in [5.74, 6) is -0.466. The van der Waals surface area contributed by atoms with Gasteiger partial charge in [-0.2, -0.15) is 0 Å². The van der Waals surface area contributed by atoms with E-state index >= 15 is 0 Å². The number of aromatic nitrogens is 2. The number of carbonyl (C=O) groups excluding carboxylic acids is 2. The molecule has 2 aromatic heterocycles. The lowest BCUT2D eigenvalue weighted by Crippen LogP contribution is -2.53. The third-order valence-corrected chi connectivity index (χ3v) is 7.43. The fourth-order valence-corrected chi connectivity index (χ4v) is 5.84. The van der Waals surface area contributed by atoms with Gasteiger partial charge in [-0.3, -0.25) is 9.69 Å². The average Bonchev–Trinajstić information content (AvgIpc) is 3.27. The van der Waals surface area contributed by atoms with Crippen LogP contribution in [0.5, 0.6) is 0 Å². The molecular weight excluding hydrogens is 412 g/mol. The number of amides is 1. The van der Waals surface area contributed by atoms with Crippen LogP contribution in [0.25, 0.3) is 11.1 Å². The zero-order valence-corrected chi connectivity index (χ0v) is 17.8. The number of sulfone groups is 1. The number of piperazine rings is 1. The fraction of sp³-hybridized carbons (Fsp3) is 0.579. The minimum absolute atomic E-state index is 0.0363. The first-order valence-corrected chi connectivity index (χ1v) is 11.7. The van der Waals surface area contributed by atoms with Gasteiger partial charge < -0.3 is 14.2 Å². The highest BCUT2D eigenvalue weighted by atomic mass is 32.2. The van der Waals surface area contributed by atoms with Crippen LogP contribution in [0, 0.1) is 13.8 Å². The van der Waals surface area contributed by atoms with Crippen molar-refractivity contribution in [3.63, 3.8) is 0 Å². The van der Waals surface area contributed by atoms with E-state index in [1.165, 1.54) is 0 Å². The Labute approximate surface area is 174 Å². The topological polar surface area (TPSA) is 123 Å².